The van der Waals surface area contributed by atoms with Crippen molar-refractivity contribution in [2.75, 3.05) is 26.3 Å². The van der Waals surface area contributed by atoms with E-state index in [1.807, 2.05) is 12.1 Å². The first-order chi connectivity index (χ1) is 12.3. The van der Waals surface area contributed by atoms with Gasteiger partial charge < -0.3 is 10.1 Å². The molecule has 2 aromatic rings. The molecule has 25 heavy (non-hydrogen) atoms. The average Bonchev–Trinajstić information content (AvgIpc) is 3.35. The van der Waals surface area contributed by atoms with Crippen molar-refractivity contribution in [3.63, 3.8) is 0 Å². The monoisotopic (exact) mass is 342 g/mol. The third-order valence-corrected chi connectivity index (χ3v) is 4.97. The van der Waals surface area contributed by atoms with Crippen molar-refractivity contribution in [1.82, 2.24) is 30.4 Å². The van der Waals surface area contributed by atoms with Crippen molar-refractivity contribution < 1.29 is 9.53 Å². The van der Waals surface area contributed by atoms with Crippen LogP contribution in [0.3, 0.4) is 0 Å². The highest BCUT2D eigenvalue weighted by Crippen LogP contribution is 2.19. The number of carbonyl (C=O) groups is 1. The first-order valence-electron chi connectivity index (χ1n) is 8.77. The number of nitrogens with zero attached hydrogens (tertiary/aromatic N) is 5. The van der Waals surface area contributed by atoms with Gasteiger partial charge in [0, 0.05) is 5.56 Å². The summed E-state index contributed by atoms with van der Waals surface area (Å²) in [7, 11) is 0. The van der Waals surface area contributed by atoms with Crippen LogP contribution < -0.4 is 5.32 Å². The van der Waals surface area contributed by atoms with Crippen LogP contribution in [0.5, 0.6) is 0 Å². The maximum Gasteiger partial charge on any atom is 0.251 e. The van der Waals surface area contributed by atoms with Crippen molar-refractivity contribution in [1.29, 1.82) is 0 Å². The fourth-order valence-corrected chi connectivity index (χ4v) is 3.59. The van der Waals surface area contributed by atoms with Crippen LogP contribution >= 0.6 is 0 Å². The summed E-state index contributed by atoms with van der Waals surface area (Å²) in [4.78, 5) is 15.1. The molecule has 2 aliphatic rings. The molecule has 8 heteroatoms. The summed E-state index contributed by atoms with van der Waals surface area (Å²) in [5.41, 5.74) is 1.44. The summed E-state index contributed by atoms with van der Waals surface area (Å²) in [6.45, 7) is 3.47. The molecule has 1 aromatic heterocycles. The Kier molecular flexibility index (Phi) is 4.71. The van der Waals surface area contributed by atoms with E-state index in [1.54, 1.807) is 16.8 Å². The average molecular weight is 342 g/mol. The molecule has 2 saturated heterocycles. The Labute approximate surface area is 146 Å². The van der Waals surface area contributed by atoms with Gasteiger partial charge in [0.15, 0.2) is 0 Å². The number of likely N-dealkylation sites (tertiary alicyclic amines) is 1. The first kappa shape index (κ1) is 16.2. The molecule has 2 atom stereocenters. The second-order valence-corrected chi connectivity index (χ2v) is 6.58. The molecule has 1 N–H and O–H groups in total. The van der Waals surface area contributed by atoms with Crippen molar-refractivity contribution >= 4 is 5.91 Å². The Balaban J connectivity index is 1.40. The Morgan fingerprint density at radius 3 is 2.64 bits per heavy atom. The highest BCUT2D eigenvalue weighted by molar-refractivity contribution is 5.94. The van der Waals surface area contributed by atoms with Crippen LogP contribution in [0, 0.1) is 0 Å². The molecule has 0 bridgehead atoms. The molecule has 0 aliphatic carbocycles. The minimum atomic E-state index is -0.0687. The van der Waals surface area contributed by atoms with Gasteiger partial charge in [0.05, 0.1) is 31.0 Å². The number of carbonyl (C=O) groups excluding carboxylic acids is 1. The Hall–Kier alpha value is -2.32. The van der Waals surface area contributed by atoms with E-state index in [9.17, 15) is 4.79 Å². The number of nitrogens with one attached hydrogen (secondary N) is 1. The zero-order valence-corrected chi connectivity index (χ0v) is 14.0. The van der Waals surface area contributed by atoms with E-state index in [0.717, 1.165) is 18.8 Å². The van der Waals surface area contributed by atoms with Crippen LogP contribution in [-0.4, -0.2) is 69.4 Å². The summed E-state index contributed by atoms with van der Waals surface area (Å²) < 4.78 is 7.20. The molecular formula is C17H22N6O2. The van der Waals surface area contributed by atoms with Crippen molar-refractivity contribution in [3.8, 4) is 5.69 Å². The molecule has 8 nitrogen and oxygen atoms in total. The van der Waals surface area contributed by atoms with Gasteiger partial charge in [-0.05, 0) is 60.6 Å². The second kappa shape index (κ2) is 7.28. The fourth-order valence-electron chi connectivity index (χ4n) is 3.59. The molecule has 0 radical (unpaired) electrons. The van der Waals surface area contributed by atoms with Gasteiger partial charge >= 0.3 is 0 Å². The maximum atomic E-state index is 12.6. The Bertz CT molecular complexity index is 696. The van der Waals surface area contributed by atoms with Crippen LogP contribution in [-0.2, 0) is 4.74 Å². The number of aromatic nitrogens is 4. The number of hydrogen-bond acceptors (Lipinski definition) is 6. The van der Waals surface area contributed by atoms with E-state index < -0.39 is 0 Å². The molecule has 2 aliphatic heterocycles. The first-order valence-corrected chi connectivity index (χ1v) is 8.77. The number of ether oxygens (including phenoxy) is 1. The van der Waals surface area contributed by atoms with Crippen LogP contribution in [0.25, 0.3) is 5.69 Å². The molecule has 132 valence electrons. The van der Waals surface area contributed by atoms with Gasteiger partial charge in [0.1, 0.15) is 6.33 Å². The number of tetrazole rings is 1. The van der Waals surface area contributed by atoms with Crippen LogP contribution in [0.15, 0.2) is 30.6 Å². The summed E-state index contributed by atoms with van der Waals surface area (Å²) >= 11 is 0. The van der Waals surface area contributed by atoms with Crippen LogP contribution in [0.4, 0.5) is 0 Å². The highest BCUT2D eigenvalue weighted by Gasteiger charge is 2.34. The SMILES string of the molecule is O=C(N[C@@H]1COC[C@H]1N1CCCCC1)c1ccc(-n2cnnn2)cc1. The van der Waals surface area contributed by atoms with E-state index in [2.05, 4.69) is 25.7 Å². The summed E-state index contributed by atoms with van der Waals surface area (Å²) in [6, 6.07) is 7.57. The quantitative estimate of drug-likeness (QED) is 0.878. The zero-order valence-electron chi connectivity index (χ0n) is 14.0. The third-order valence-electron chi connectivity index (χ3n) is 4.97. The van der Waals surface area contributed by atoms with Gasteiger partial charge in [-0.1, -0.05) is 6.42 Å². The standard InChI is InChI=1S/C17H22N6O2/c24-17(13-4-6-14(7-5-13)23-12-18-20-21-23)19-15-10-25-11-16(15)22-8-2-1-3-9-22/h4-7,12,15-16H,1-3,8-11H2,(H,19,24)/t15-,16-/m1/s1. The number of piperidine rings is 1. The van der Waals surface area contributed by atoms with Gasteiger partial charge in [0.2, 0.25) is 0 Å². The van der Waals surface area contributed by atoms with Crippen LogP contribution in [0.1, 0.15) is 29.6 Å². The number of rotatable bonds is 4. The maximum absolute atomic E-state index is 12.6. The van der Waals surface area contributed by atoms with Crippen molar-refractivity contribution in [3.05, 3.63) is 36.2 Å². The van der Waals surface area contributed by atoms with Gasteiger partial charge in [-0.15, -0.1) is 5.10 Å². The smallest absolute Gasteiger partial charge is 0.251 e. The largest absolute Gasteiger partial charge is 0.378 e. The second-order valence-electron chi connectivity index (χ2n) is 6.58. The molecule has 1 amide bonds. The molecular weight excluding hydrogens is 320 g/mol. The van der Waals surface area contributed by atoms with Gasteiger partial charge in [-0.25, -0.2) is 4.68 Å². The lowest BCUT2D eigenvalue weighted by Gasteiger charge is -2.34. The summed E-state index contributed by atoms with van der Waals surface area (Å²) in [6.07, 6.45) is 5.29. The normalized spacial score (nSPS) is 24.3. The Morgan fingerprint density at radius 1 is 1.12 bits per heavy atom. The minimum Gasteiger partial charge on any atom is -0.378 e. The molecule has 0 saturated carbocycles. The predicted octanol–water partition coefficient (Wildman–Crippen LogP) is 0.645. The molecule has 0 spiro atoms. The van der Waals surface area contributed by atoms with Crippen molar-refractivity contribution in [2.45, 2.75) is 31.3 Å². The topological polar surface area (TPSA) is 85.2 Å². The molecule has 1 aromatic carbocycles. The number of benzene rings is 1. The molecule has 4 rings (SSSR count). The molecule has 2 fully saturated rings. The molecule has 3 heterocycles. The summed E-state index contributed by atoms with van der Waals surface area (Å²) in [5.74, 6) is -0.0687. The lowest BCUT2D eigenvalue weighted by atomic mass is 10.0. The Morgan fingerprint density at radius 2 is 1.92 bits per heavy atom. The van der Waals surface area contributed by atoms with Gasteiger partial charge in [-0.3, -0.25) is 9.69 Å². The number of amides is 1. The van der Waals surface area contributed by atoms with Crippen LogP contribution in [0.2, 0.25) is 0 Å². The fraction of sp³-hybridized carbons (Fsp3) is 0.529. The van der Waals surface area contributed by atoms with E-state index in [1.165, 1.54) is 25.6 Å². The number of hydrogen-bond donors (Lipinski definition) is 1. The molecule has 0 unspecified atom stereocenters. The summed E-state index contributed by atoms with van der Waals surface area (Å²) in [5, 5.41) is 14.2. The third kappa shape index (κ3) is 3.54. The van der Waals surface area contributed by atoms with E-state index in [4.69, 9.17) is 4.74 Å². The lowest BCUT2D eigenvalue weighted by Crippen LogP contribution is -2.52. The minimum absolute atomic E-state index is 0.0461. The van der Waals surface area contributed by atoms with Crippen molar-refractivity contribution in [2.24, 2.45) is 0 Å². The zero-order chi connectivity index (χ0) is 17.1. The van der Waals surface area contributed by atoms with Gasteiger partial charge in [-0.2, -0.15) is 0 Å². The van der Waals surface area contributed by atoms with E-state index >= 15 is 0 Å². The predicted molar refractivity (Wildman–Crippen MR) is 90.4 cm³/mol. The van der Waals surface area contributed by atoms with E-state index in [0.29, 0.717) is 18.8 Å². The van der Waals surface area contributed by atoms with E-state index in [-0.39, 0.29) is 18.0 Å². The highest BCUT2D eigenvalue weighted by atomic mass is 16.5. The lowest BCUT2D eigenvalue weighted by molar-refractivity contribution is 0.0900. The van der Waals surface area contributed by atoms with Gasteiger partial charge in [0.25, 0.3) is 5.91 Å².